The highest BCUT2D eigenvalue weighted by atomic mass is 19.1. The molecule has 2 aromatic rings. The lowest BCUT2D eigenvalue weighted by Crippen LogP contribution is -2.30. The van der Waals surface area contributed by atoms with Gasteiger partial charge in [-0.05, 0) is 61.7 Å². The van der Waals surface area contributed by atoms with Crippen LogP contribution in [0.15, 0.2) is 42.5 Å². The molecule has 0 aromatic heterocycles. The van der Waals surface area contributed by atoms with Gasteiger partial charge in [0.05, 0.1) is 11.4 Å². The van der Waals surface area contributed by atoms with Crippen molar-refractivity contribution in [3.05, 3.63) is 59.4 Å². The number of rotatable bonds is 4. The summed E-state index contributed by atoms with van der Waals surface area (Å²) in [6, 6.07) is 10.4. The second kappa shape index (κ2) is 7.34. The summed E-state index contributed by atoms with van der Waals surface area (Å²) >= 11 is 0. The van der Waals surface area contributed by atoms with Crippen LogP contribution in [0, 0.1) is 5.82 Å². The van der Waals surface area contributed by atoms with Crippen molar-refractivity contribution in [2.75, 3.05) is 23.3 Å². The van der Waals surface area contributed by atoms with Gasteiger partial charge in [0.25, 0.3) is 5.91 Å². The number of hydrogen-bond donors (Lipinski definition) is 2. The highest BCUT2D eigenvalue weighted by molar-refractivity contribution is 6.07. The Morgan fingerprint density at radius 1 is 0.960 bits per heavy atom. The molecule has 0 atom stereocenters. The number of carbonyl (C=O) groups excluding carboxylic acids is 2. The Balaban J connectivity index is 1.91. The summed E-state index contributed by atoms with van der Waals surface area (Å²) in [5.74, 6) is -1.32. The van der Waals surface area contributed by atoms with Crippen LogP contribution in [0.2, 0.25) is 0 Å². The zero-order valence-electron chi connectivity index (χ0n) is 13.8. The summed E-state index contributed by atoms with van der Waals surface area (Å²) in [7, 11) is 0. The van der Waals surface area contributed by atoms with Crippen LogP contribution in [-0.4, -0.2) is 24.9 Å². The number of amides is 2. The van der Waals surface area contributed by atoms with Crippen LogP contribution in [-0.2, 0) is 0 Å². The van der Waals surface area contributed by atoms with Crippen LogP contribution in [0.5, 0.6) is 0 Å². The van der Waals surface area contributed by atoms with E-state index in [2.05, 4.69) is 10.2 Å². The predicted octanol–water partition coefficient (Wildman–Crippen LogP) is 3.17. The number of nitrogens with two attached hydrogens (primary N) is 1. The van der Waals surface area contributed by atoms with Crippen LogP contribution < -0.4 is 16.0 Å². The molecule has 2 aromatic carbocycles. The summed E-state index contributed by atoms with van der Waals surface area (Å²) < 4.78 is 13.0. The highest BCUT2D eigenvalue weighted by Gasteiger charge is 2.18. The second-order valence-electron chi connectivity index (χ2n) is 6.10. The molecule has 3 rings (SSSR count). The highest BCUT2D eigenvalue weighted by Crippen LogP contribution is 2.30. The van der Waals surface area contributed by atoms with Crippen LogP contribution in [0.3, 0.4) is 0 Å². The van der Waals surface area contributed by atoms with Gasteiger partial charge in [-0.15, -0.1) is 0 Å². The summed E-state index contributed by atoms with van der Waals surface area (Å²) in [5, 5.41) is 2.83. The van der Waals surface area contributed by atoms with Crippen LogP contribution >= 0.6 is 0 Å². The molecule has 130 valence electrons. The molecule has 0 unspecified atom stereocenters. The molecule has 1 fully saturated rings. The van der Waals surface area contributed by atoms with E-state index in [9.17, 15) is 14.0 Å². The monoisotopic (exact) mass is 341 g/mol. The first-order valence-electron chi connectivity index (χ1n) is 8.30. The lowest BCUT2D eigenvalue weighted by Gasteiger charge is -2.30. The predicted molar refractivity (Wildman–Crippen MR) is 95.4 cm³/mol. The molecule has 1 aliphatic heterocycles. The van der Waals surface area contributed by atoms with Crippen molar-refractivity contribution in [1.82, 2.24) is 0 Å². The van der Waals surface area contributed by atoms with Gasteiger partial charge in [0.1, 0.15) is 5.82 Å². The Bertz CT molecular complexity index is 784. The molecule has 0 spiro atoms. The van der Waals surface area contributed by atoms with Crippen molar-refractivity contribution in [2.24, 2.45) is 5.73 Å². The first-order chi connectivity index (χ1) is 12.0. The number of primary amides is 1. The van der Waals surface area contributed by atoms with E-state index >= 15 is 0 Å². The van der Waals surface area contributed by atoms with E-state index in [1.165, 1.54) is 30.7 Å². The number of piperidine rings is 1. The van der Waals surface area contributed by atoms with E-state index in [1.807, 2.05) is 6.07 Å². The van der Waals surface area contributed by atoms with Gasteiger partial charge in [0.15, 0.2) is 0 Å². The van der Waals surface area contributed by atoms with E-state index in [0.29, 0.717) is 16.8 Å². The quantitative estimate of drug-likeness (QED) is 0.897. The SMILES string of the molecule is NC(=O)c1ccc(N2CCCCC2)c(NC(=O)c2ccc(F)cc2)c1. The standard InChI is InChI=1S/C19H20FN3O2/c20-15-7-4-13(5-8-15)19(25)22-16-12-14(18(21)24)6-9-17(16)23-10-2-1-3-11-23/h4-9,12H,1-3,10-11H2,(H2,21,24)(H,22,25). The van der Waals surface area contributed by atoms with Crippen molar-refractivity contribution >= 4 is 23.2 Å². The number of nitrogens with zero attached hydrogens (tertiary/aromatic N) is 1. The largest absolute Gasteiger partial charge is 0.370 e. The lowest BCUT2D eigenvalue weighted by atomic mass is 10.1. The first-order valence-corrected chi connectivity index (χ1v) is 8.30. The number of anilines is 2. The van der Waals surface area contributed by atoms with Crippen LogP contribution in [0.25, 0.3) is 0 Å². The van der Waals surface area contributed by atoms with Crippen molar-refractivity contribution < 1.29 is 14.0 Å². The first kappa shape index (κ1) is 17.0. The molecule has 1 aliphatic rings. The molecule has 1 saturated heterocycles. The van der Waals surface area contributed by atoms with Gasteiger partial charge in [-0.1, -0.05) is 0 Å². The van der Waals surface area contributed by atoms with E-state index in [0.717, 1.165) is 31.6 Å². The zero-order valence-corrected chi connectivity index (χ0v) is 13.8. The van der Waals surface area contributed by atoms with Gasteiger partial charge in [-0.2, -0.15) is 0 Å². The van der Waals surface area contributed by atoms with Gasteiger partial charge < -0.3 is 16.0 Å². The van der Waals surface area contributed by atoms with E-state index in [-0.39, 0.29) is 5.91 Å². The minimum atomic E-state index is -0.553. The third kappa shape index (κ3) is 3.96. The minimum Gasteiger partial charge on any atom is -0.370 e. The molecule has 2 amide bonds. The topological polar surface area (TPSA) is 75.4 Å². The van der Waals surface area contributed by atoms with Gasteiger partial charge in [0, 0.05) is 24.2 Å². The Kier molecular flexibility index (Phi) is 4.97. The molecule has 0 bridgehead atoms. The molecule has 0 radical (unpaired) electrons. The molecular weight excluding hydrogens is 321 g/mol. The number of halogens is 1. The third-order valence-electron chi connectivity index (χ3n) is 4.33. The minimum absolute atomic E-state index is 0.329. The lowest BCUT2D eigenvalue weighted by molar-refractivity contribution is 0.0996. The van der Waals surface area contributed by atoms with Crippen molar-refractivity contribution in [2.45, 2.75) is 19.3 Å². The average molecular weight is 341 g/mol. The summed E-state index contributed by atoms with van der Waals surface area (Å²) in [4.78, 5) is 26.2. The maximum atomic E-state index is 13.0. The van der Waals surface area contributed by atoms with Gasteiger partial charge >= 0.3 is 0 Å². The Morgan fingerprint density at radius 3 is 2.24 bits per heavy atom. The molecule has 3 N–H and O–H groups in total. The second-order valence-corrected chi connectivity index (χ2v) is 6.10. The van der Waals surface area contributed by atoms with Crippen LogP contribution in [0.4, 0.5) is 15.8 Å². The normalized spacial score (nSPS) is 14.2. The molecular formula is C19H20FN3O2. The molecule has 0 saturated carbocycles. The smallest absolute Gasteiger partial charge is 0.255 e. The van der Waals surface area contributed by atoms with Crippen molar-refractivity contribution in [1.29, 1.82) is 0 Å². The van der Waals surface area contributed by atoms with Gasteiger partial charge in [-0.25, -0.2) is 4.39 Å². The summed E-state index contributed by atoms with van der Waals surface area (Å²) in [6.07, 6.45) is 3.36. The van der Waals surface area contributed by atoms with Crippen molar-refractivity contribution in [3.8, 4) is 0 Å². The third-order valence-corrected chi connectivity index (χ3v) is 4.33. The molecule has 0 aliphatic carbocycles. The Hall–Kier alpha value is -2.89. The van der Waals surface area contributed by atoms with E-state index in [4.69, 9.17) is 5.73 Å². The fourth-order valence-corrected chi connectivity index (χ4v) is 3.00. The summed E-state index contributed by atoms with van der Waals surface area (Å²) in [5.41, 5.74) is 7.43. The summed E-state index contributed by atoms with van der Waals surface area (Å²) in [6.45, 7) is 1.80. The maximum absolute atomic E-state index is 13.0. The van der Waals surface area contributed by atoms with Gasteiger partial charge in [0.2, 0.25) is 5.91 Å². The number of nitrogens with one attached hydrogen (secondary N) is 1. The Morgan fingerprint density at radius 2 is 1.60 bits per heavy atom. The molecule has 5 nitrogen and oxygen atoms in total. The fraction of sp³-hybridized carbons (Fsp3) is 0.263. The number of benzene rings is 2. The average Bonchev–Trinajstić information content (AvgIpc) is 2.63. The maximum Gasteiger partial charge on any atom is 0.255 e. The number of carbonyl (C=O) groups is 2. The number of hydrogen-bond acceptors (Lipinski definition) is 3. The van der Waals surface area contributed by atoms with E-state index in [1.54, 1.807) is 12.1 Å². The van der Waals surface area contributed by atoms with E-state index < -0.39 is 11.7 Å². The molecule has 25 heavy (non-hydrogen) atoms. The Labute approximate surface area is 145 Å². The van der Waals surface area contributed by atoms with Crippen LogP contribution in [0.1, 0.15) is 40.0 Å². The fourth-order valence-electron chi connectivity index (χ4n) is 3.00. The van der Waals surface area contributed by atoms with Gasteiger partial charge in [-0.3, -0.25) is 9.59 Å². The van der Waals surface area contributed by atoms with Crippen molar-refractivity contribution in [3.63, 3.8) is 0 Å². The zero-order chi connectivity index (χ0) is 17.8. The molecule has 6 heteroatoms. The molecule has 1 heterocycles.